The van der Waals surface area contributed by atoms with Crippen molar-refractivity contribution < 1.29 is 13.2 Å². The lowest BCUT2D eigenvalue weighted by atomic mass is 9.91. The molecule has 0 aliphatic rings. The Labute approximate surface area is 163 Å². The number of carbonyl (C=O) groups excluding carboxylic acids is 1. The van der Waals surface area contributed by atoms with Gasteiger partial charge in [0.2, 0.25) is 5.91 Å². The van der Waals surface area contributed by atoms with Crippen molar-refractivity contribution in [2.45, 2.75) is 10.8 Å². The van der Waals surface area contributed by atoms with Gasteiger partial charge in [-0.2, -0.15) is 0 Å². The second kappa shape index (κ2) is 8.35. The van der Waals surface area contributed by atoms with Crippen LogP contribution in [-0.4, -0.2) is 14.3 Å². The molecule has 0 aliphatic heterocycles. The summed E-state index contributed by atoms with van der Waals surface area (Å²) in [6, 6.07) is 24.0. The average Bonchev–Trinajstić information content (AvgIpc) is 2.69. The second-order valence-corrected chi connectivity index (χ2v) is 7.92. The number of benzene rings is 3. The van der Waals surface area contributed by atoms with Gasteiger partial charge in [0.15, 0.2) is 0 Å². The van der Waals surface area contributed by atoms with Gasteiger partial charge in [-0.15, -0.1) is 4.83 Å². The van der Waals surface area contributed by atoms with E-state index in [1.54, 1.807) is 0 Å². The number of carbonyl (C=O) groups is 1. The van der Waals surface area contributed by atoms with Crippen LogP contribution in [0.5, 0.6) is 0 Å². The molecule has 0 bridgehead atoms. The summed E-state index contributed by atoms with van der Waals surface area (Å²) >= 11 is 5.78. The highest BCUT2D eigenvalue weighted by Gasteiger charge is 2.24. The standard InChI is InChI=1S/C20H17ClN2O3S/c21-17-11-13-18(14-12-17)27(25,26)23-22-20(24)19(15-7-3-1-4-8-15)16-9-5-2-6-10-16/h1-14,19,23H,(H,22,24). The van der Waals surface area contributed by atoms with Gasteiger partial charge in [-0.25, -0.2) is 8.42 Å². The summed E-state index contributed by atoms with van der Waals surface area (Å²) in [4.78, 5) is 15.0. The van der Waals surface area contributed by atoms with E-state index >= 15 is 0 Å². The molecule has 0 atom stereocenters. The van der Waals surface area contributed by atoms with Crippen LogP contribution in [0.1, 0.15) is 17.0 Å². The van der Waals surface area contributed by atoms with Crippen LogP contribution in [0.3, 0.4) is 0 Å². The number of hydrogen-bond donors (Lipinski definition) is 2. The summed E-state index contributed by atoms with van der Waals surface area (Å²) in [5, 5.41) is 0.422. The van der Waals surface area contributed by atoms with E-state index in [1.165, 1.54) is 24.3 Å². The summed E-state index contributed by atoms with van der Waals surface area (Å²) in [7, 11) is -3.91. The zero-order valence-corrected chi connectivity index (χ0v) is 15.7. The number of sulfonamides is 1. The van der Waals surface area contributed by atoms with Crippen molar-refractivity contribution in [3.63, 3.8) is 0 Å². The van der Waals surface area contributed by atoms with Crippen LogP contribution in [-0.2, 0) is 14.8 Å². The van der Waals surface area contributed by atoms with Crippen LogP contribution in [0.15, 0.2) is 89.8 Å². The molecule has 138 valence electrons. The minimum Gasteiger partial charge on any atom is -0.277 e. The molecule has 0 saturated heterocycles. The van der Waals surface area contributed by atoms with Crippen LogP contribution >= 0.6 is 11.6 Å². The van der Waals surface area contributed by atoms with Crippen LogP contribution in [0.25, 0.3) is 0 Å². The van der Waals surface area contributed by atoms with Crippen molar-refractivity contribution >= 4 is 27.5 Å². The predicted octanol–water partition coefficient (Wildman–Crippen LogP) is 3.48. The van der Waals surface area contributed by atoms with Crippen LogP contribution in [0, 0.1) is 0 Å². The predicted molar refractivity (Wildman–Crippen MR) is 105 cm³/mol. The molecular weight excluding hydrogens is 384 g/mol. The first kappa shape index (κ1) is 19.1. The highest BCUT2D eigenvalue weighted by atomic mass is 35.5. The molecule has 2 N–H and O–H groups in total. The Morgan fingerprint density at radius 2 is 1.26 bits per heavy atom. The lowest BCUT2D eigenvalue weighted by Crippen LogP contribution is -2.44. The Bertz CT molecular complexity index is 969. The zero-order valence-electron chi connectivity index (χ0n) is 14.2. The molecule has 0 aromatic heterocycles. The number of rotatable bonds is 6. The van der Waals surface area contributed by atoms with Crippen LogP contribution in [0.4, 0.5) is 0 Å². The fourth-order valence-corrected chi connectivity index (χ4v) is 3.62. The first-order valence-electron chi connectivity index (χ1n) is 8.14. The van der Waals surface area contributed by atoms with E-state index in [0.29, 0.717) is 5.02 Å². The molecule has 0 aliphatic carbocycles. The maximum Gasteiger partial charge on any atom is 0.257 e. The van der Waals surface area contributed by atoms with E-state index in [9.17, 15) is 13.2 Å². The van der Waals surface area contributed by atoms with Crippen molar-refractivity contribution in [1.82, 2.24) is 10.3 Å². The van der Waals surface area contributed by atoms with Gasteiger partial charge >= 0.3 is 0 Å². The van der Waals surface area contributed by atoms with Crippen molar-refractivity contribution in [2.75, 3.05) is 0 Å². The van der Waals surface area contributed by atoms with Crippen molar-refractivity contribution in [2.24, 2.45) is 0 Å². The van der Waals surface area contributed by atoms with E-state index in [0.717, 1.165) is 11.1 Å². The summed E-state index contributed by atoms with van der Waals surface area (Å²) < 4.78 is 24.7. The molecule has 7 heteroatoms. The number of nitrogens with one attached hydrogen (secondary N) is 2. The first-order valence-corrected chi connectivity index (χ1v) is 10.0. The summed E-state index contributed by atoms with van der Waals surface area (Å²) in [6.07, 6.45) is 0. The lowest BCUT2D eigenvalue weighted by Gasteiger charge is -2.18. The number of halogens is 1. The van der Waals surface area contributed by atoms with Gasteiger partial charge in [0.05, 0.1) is 10.8 Å². The Hall–Kier alpha value is -2.67. The highest BCUT2D eigenvalue weighted by molar-refractivity contribution is 7.89. The Morgan fingerprint density at radius 3 is 1.74 bits per heavy atom. The zero-order chi connectivity index (χ0) is 19.3. The van der Waals surface area contributed by atoms with Gasteiger partial charge in [0, 0.05) is 5.02 Å². The third kappa shape index (κ3) is 4.74. The third-order valence-corrected chi connectivity index (χ3v) is 5.48. The van der Waals surface area contributed by atoms with E-state index < -0.39 is 21.8 Å². The molecule has 0 spiro atoms. The Morgan fingerprint density at radius 1 is 0.778 bits per heavy atom. The number of hydrogen-bond acceptors (Lipinski definition) is 3. The van der Waals surface area contributed by atoms with Gasteiger partial charge < -0.3 is 0 Å². The minimum atomic E-state index is -3.91. The molecule has 0 fully saturated rings. The summed E-state index contributed by atoms with van der Waals surface area (Å²) in [6.45, 7) is 0. The van der Waals surface area contributed by atoms with E-state index in [4.69, 9.17) is 11.6 Å². The molecule has 1 amide bonds. The fraction of sp³-hybridized carbons (Fsp3) is 0.0500. The lowest BCUT2D eigenvalue weighted by molar-refractivity contribution is -0.122. The second-order valence-electron chi connectivity index (χ2n) is 5.80. The fourth-order valence-electron chi connectivity index (χ4n) is 2.65. The quantitative estimate of drug-likeness (QED) is 0.622. The molecule has 0 unspecified atom stereocenters. The van der Waals surface area contributed by atoms with Crippen molar-refractivity contribution in [3.8, 4) is 0 Å². The normalized spacial score (nSPS) is 11.3. The molecule has 0 heterocycles. The largest absolute Gasteiger partial charge is 0.277 e. The summed E-state index contributed by atoms with van der Waals surface area (Å²) in [5.74, 6) is -1.13. The number of amides is 1. The monoisotopic (exact) mass is 400 g/mol. The summed E-state index contributed by atoms with van der Waals surface area (Å²) in [5.41, 5.74) is 3.84. The smallest absolute Gasteiger partial charge is 0.257 e. The first-order chi connectivity index (χ1) is 13.0. The number of hydrazine groups is 1. The topological polar surface area (TPSA) is 75.3 Å². The van der Waals surface area contributed by atoms with E-state index in [-0.39, 0.29) is 4.90 Å². The Balaban J connectivity index is 1.82. The SMILES string of the molecule is O=C(NNS(=O)(=O)c1ccc(Cl)cc1)C(c1ccccc1)c1ccccc1. The van der Waals surface area contributed by atoms with Gasteiger partial charge in [-0.3, -0.25) is 10.2 Å². The van der Waals surface area contributed by atoms with Gasteiger partial charge in [0.1, 0.15) is 0 Å². The van der Waals surface area contributed by atoms with Gasteiger partial charge in [-0.1, -0.05) is 72.3 Å². The Kier molecular flexibility index (Phi) is 5.91. The average molecular weight is 401 g/mol. The van der Waals surface area contributed by atoms with Crippen molar-refractivity contribution in [3.05, 3.63) is 101 Å². The van der Waals surface area contributed by atoms with Crippen LogP contribution < -0.4 is 10.3 Å². The molecular formula is C20H17ClN2O3S. The van der Waals surface area contributed by atoms with Gasteiger partial charge in [0.25, 0.3) is 10.0 Å². The molecule has 0 radical (unpaired) electrons. The van der Waals surface area contributed by atoms with Crippen LogP contribution in [0.2, 0.25) is 5.02 Å². The van der Waals surface area contributed by atoms with E-state index in [1.807, 2.05) is 60.7 Å². The maximum absolute atomic E-state index is 12.8. The molecule has 3 aromatic rings. The third-order valence-electron chi connectivity index (χ3n) is 3.96. The molecule has 3 rings (SSSR count). The van der Waals surface area contributed by atoms with E-state index in [2.05, 4.69) is 10.3 Å². The molecule has 5 nitrogen and oxygen atoms in total. The highest BCUT2D eigenvalue weighted by Crippen LogP contribution is 2.24. The molecule has 3 aromatic carbocycles. The maximum atomic E-state index is 12.8. The molecule has 0 saturated carbocycles. The minimum absolute atomic E-state index is 0.00294. The van der Waals surface area contributed by atoms with Gasteiger partial charge in [-0.05, 0) is 35.4 Å². The van der Waals surface area contributed by atoms with Crippen molar-refractivity contribution in [1.29, 1.82) is 0 Å². The molecule has 27 heavy (non-hydrogen) atoms.